The standard InChI is InChI=1S/C29H23ClFN6O4P/c1-29(18-8-6-16(7-9-18)12-13-42(39,40)41)23-25(32)33-27(34-26(23)35-28(29)38)24-20-11-10-19(30)14-22(20)37(36-24)15-17-4-2-3-5-21(17)31/h2-14H,15H2,1H3,(H2,39,40,41)(H3,32,33,34,35,38)/b13-12+. The first-order valence-corrected chi connectivity index (χ1v) is 14.7. The number of nitrogen functional groups attached to an aromatic ring is 1. The average Bonchev–Trinajstić information content (AvgIpc) is 3.42. The Hall–Kier alpha value is -4.41. The number of fused-ring (bicyclic) bond motifs is 2. The number of anilines is 2. The zero-order valence-electron chi connectivity index (χ0n) is 22.0. The first-order chi connectivity index (χ1) is 19.9. The van der Waals surface area contributed by atoms with Crippen LogP contribution < -0.4 is 11.1 Å². The number of amides is 1. The minimum atomic E-state index is -4.31. The Balaban J connectivity index is 1.42. The number of nitrogens with zero attached hydrogens (tertiary/aromatic N) is 4. The van der Waals surface area contributed by atoms with E-state index in [9.17, 15) is 13.8 Å². The van der Waals surface area contributed by atoms with E-state index < -0.39 is 13.0 Å². The summed E-state index contributed by atoms with van der Waals surface area (Å²) in [6.45, 7) is 1.84. The molecule has 1 aliphatic heterocycles. The lowest BCUT2D eigenvalue weighted by molar-refractivity contribution is -0.119. The van der Waals surface area contributed by atoms with Crippen molar-refractivity contribution >= 4 is 53.7 Å². The largest absolute Gasteiger partial charge is 0.383 e. The first-order valence-electron chi connectivity index (χ1n) is 12.7. The van der Waals surface area contributed by atoms with Crippen LogP contribution >= 0.6 is 19.2 Å². The van der Waals surface area contributed by atoms with Crippen LogP contribution in [0.3, 0.4) is 0 Å². The number of hydrogen-bond acceptors (Lipinski definition) is 6. The molecule has 5 aromatic rings. The molecule has 13 heteroatoms. The van der Waals surface area contributed by atoms with Gasteiger partial charge in [0.25, 0.3) is 0 Å². The predicted octanol–water partition coefficient (Wildman–Crippen LogP) is 5.32. The van der Waals surface area contributed by atoms with Gasteiger partial charge in [0.05, 0.1) is 17.6 Å². The van der Waals surface area contributed by atoms with E-state index in [-0.39, 0.29) is 35.7 Å². The smallest absolute Gasteiger partial charge is 0.349 e. The SMILES string of the molecule is CC1(c2ccc(/C=C/P(=O)(O)O)cc2)C(=O)Nc2nc(-c3nn(Cc4ccccc4F)c4cc(Cl)ccc34)nc(N)c21. The zero-order chi connectivity index (χ0) is 29.8. The van der Waals surface area contributed by atoms with Gasteiger partial charge in [-0.25, -0.2) is 14.4 Å². The molecule has 0 saturated carbocycles. The van der Waals surface area contributed by atoms with E-state index in [0.717, 1.165) is 5.82 Å². The van der Waals surface area contributed by atoms with Crippen LogP contribution in [-0.4, -0.2) is 35.4 Å². The highest BCUT2D eigenvalue weighted by Gasteiger charge is 2.47. The van der Waals surface area contributed by atoms with Crippen LogP contribution in [0.1, 0.15) is 29.2 Å². The second kappa shape index (κ2) is 10.1. The Bertz CT molecular complexity index is 1970. The van der Waals surface area contributed by atoms with Crippen molar-refractivity contribution < 1.29 is 23.5 Å². The van der Waals surface area contributed by atoms with Gasteiger partial charge in [-0.2, -0.15) is 5.10 Å². The molecule has 5 N–H and O–H groups in total. The number of rotatable bonds is 6. The molecule has 0 aliphatic carbocycles. The average molecular weight is 605 g/mol. The number of carbonyl (C=O) groups is 1. The number of aromatic nitrogens is 4. The Labute approximate surface area is 243 Å². The number of hydrogen-bond donors (Lipinski definition) is 4. The summed E-state index contributed by atoms with van der Waals surface area (Å²) >= 11 is 6.28. The molecule has 1 aliphatic rings. The highest BCUT2D eigenvalue weighted by molar-refractivity contribution is 7.55. The van der Waals surface area contributed by atoms with E-state index in [0.29, 0.717) is 43.9 Å². The van der Waals surface area contributed by atoms with E-state index in [1.807, 2.05) is 0 Å². The molecule has 1 unspecified atom stereocenters. The summed E-state index contributed by atoms with van der Waals surface area (Å²) in [6, 6.07) is 18.3. The van der Waals surface area contributed by atoms with E-state index in [2.05, 4.69) is 15.3 Å². The van der Waals surface area contributed by atoms with Crippen molar-refractivity contribution in [2.45, 2.75) is 18.9 Å². The Morgan fingerprint density at radius 1 is 1.12 bits per heavy atom. The van der Waals surface area contributed by atoms with Crippen molar-refractivity contribution in [3.8, 4) is 11.5 Å². The normalized spacial score (nSPS) is 16.7. The highest BCUT2D eigenvalue weighted by atomic mass is 35.5. The van der Waals surface area contributed by atoms with Gasteiger partial charge < -0.3 is 20.8 Å². The van der Waals surface area contributed by atoms with Crippen molar-refractivity contribution in [2.75, 3.05) is 11.1 Å². The molecule has 6 rings (SSSR count). The minimum Gasteiger partial charge on any atom is -0.383 e. The van der Waals surface area contributed by atoms with Gasteiger partial charge in [-0.05, 0) is 48.4 Å². The lowest BCUT2D eigenvalue weighted by Gasteiger charge is -2.23. The highest BCUT2D eigenvalue weighted by Crippen LogP contribution is 2.45. The number of nitrogens with one attached hydrogen (secondary N) is 1. The second-order valence-electron chi connectivity index (χ2n) is 10.0. The maximum absolute atomic E-state index is 14.5. The molecule has 212 valence electrons. The van der Waals surface area contributed by atoms with E-state index in [1.165, 1.54) is 12.1 Å². The molecule has 10 nitrogen and oxygen atoms in total. The van der Waals surface area contributed by atoms with Gasteiger partial charge in [0.2, 0.25) is 5.91 Å². The van der Waals surface area contributed by atoms with Crippen LogP contribution in [0.15, 0.2) is 72.5 Å². The Kier molecular flexibility index (Phi) is 6.70. The lowest BCUT2D eigenvalue weighted by atomic mass is 9.77. The van der Waals surface area contributed by atoms with E-state index in [4.69, 9.17) is 32.2 Å². The predicted molar refractivity (Wildman–Crippen MR) is 158 cm³/mol. The fourth-order valence-electron chi connectivity index (χ4n) is 5.12. The van der Waals surface area contributed by atoms with Crippen LogP contribution in [-0.2, 0) is 21.3 Å². The number of nitrogens with two attached hydrogens (primary N) is 1. The number of benzene rings is 3. The fraction of sp³-hybridized carbons (Fsp3) is 0.103. The monoisotopic (exact) mass is 604 g/mol. The lowest BCUT2D eigenvalue weighted by Crippen LogP contribution is -2.32. The summed E-state index contributed by atoms with van der Waals surface area (Å²) in [6.07, 6.45) is 1.31. The van der Waals surface area contributed by atoms with Gasteiger partial charge in [-0.15, -0.1) is 0 Å². The molecular formula is C29H23ClFN6O4P. The van der Waals surface area contributed by atoms with Crippen molar-refractivity contribution in [2.24, 2.45) is 0 Å². The van der Waals surface area contributed by atoms with Gasteiger partial charge in [0.15, 0.2) is 5.82 Å². The molecule has 0 radical (unpaired) electrons. The maximum Gasteiger partial charge on any atom is 0.349 e. The summed E-state index contributed by atoms with van der Waals surface area (Å²) in [5.41, 5.74) is 8.25. The second-order valence-corrected chi connectivity index (χ2v) is 11.9. The molecular weight excluding hydrogens is 582 g/mol. The minimum absolute atomic E-state index is 0.0760. The molecule has 1 amide bonds. The molecule has 0 saturated heterocycles. The summed E-state index contributed by atoms with van der Waals surface area (Å²) in [5, 5.41) is 8.66. The topological polar surface area (TPSA) is 156 Å². The van der Waals surface area contributed by atoms with Crippen LogP contribution in [0.25, 0.3) is 28.5 Å². The van der Waals surface area contributed by atoms with Gasteiger partial charge in [0, 0.05) is 21.8 Å². The van der Waals surface area contributed by atoms with E-state index in [1.54, 1.807) is 72.3 Å². The first kappa shape index (κ1) is 27.7. The Morgan fingerprint density at radius 2 is 1.86 bits per heavy atom. The maximum atomic E-state index is 14.5. The van der Waals surface area contributed by atoms with Gasteiger partial charge in [-0.1, -0.05) is 54.1 Å². The summed E-state index contributed by atoms with van der Waals surface area (Å²) in [4.78, 5) is 40.7. The van der Waals surface area contributed by atoms with E-state index >= 15 is 0 Å². The van der Waals surface area contributed by atoms with Gasteiger partial charge >= 0.3 is 7.60 Å². The summed E-state index contributed by atoms with van der Waals surface area (Å²) in [7, 11) is -4.31. The molecule has 3 aromatic carbocycles. The summed E-state index contributed by atoms with van der Waals surface area (Å²) in [5.74, 6) is 0.567. The Morgan fingerprint density at radius 3 is 2.57 bits per heavy atom. The van der Waals surface area contributed by atoms with Crippen molar-refractivity contribution in [3.63, 3.8) is 0 Å². The van der Waals surface area contributed by atoms with Gasteiger partial charge in [-0.3, -0.25) is 14.0 Å². The van der Waals surface area contributed by atoms with Crippen LogP contribution in [0, 0.1) is 5.82 Å². The van der Waals surface area contributed by atoms with Crippen LogP contribution in [0.4, 0.5) is 16.0 Å². The molecule has 3 heterocycles. The van der Waals surface area contributed by atoms with Crippen LogP contribution in [0.5, 0.6) is 0 Å². The molecule has 42 heavy (non-hydrogen) atoms. The molecule has 0 fully saturated rings. The number of halogens is 2. The zero-order valence-corrected chi connectivity index (χ0v) is 23.6. The third-order valence-corrected chi connectivity index (χ3v) is 8.05. The molecule has 0 bridgehead atoms. The van der Waals surface area contributed by atoms with Crippen molar-refractivity contribution in [1.82, 2.24) is 19.7 Å². The van der Waals surface area contributed by atoms with Crippen molar-refractivity contribution in [3.05, 3.63) is 106 Å². The summed E-state index contributed by atoms with van der Waals surface area (Å²) < 4.78 is 27.2. The third-order valence-electron chi connectivity index (χ3n) is 7.28. The fourth-order valence-corrected chi connectivity index (χ4v) is 5.65. The third kappa shape index (κ3) is 4.86. The van der Waals surface area contributed by atoms with Gasteiger partial charge in [0.1, 0.15) is 28.6 Å². The molecule has 0 spiro atoms. The number of carbonyl (C=O) groups excluding carboxylic acids is 1. The molecule has 1 atom stereocenters. The molecule has 2 aromatic heterocycles. The quantitative estimate of drug-likeness (QED) is 0.190. The van der Waals surface area contributed by atoms with Crippen molar-refractivity contribution in [1.29, 1.82) is 0 Å². The van der Waals surface area contributed by atoms with Crippen LogP contribution in [0.2, 0.25) is 5.02 Å².